The summed E-state index contributed by atoms with van der Waals surface area (Å²) in [5, 5.41) is 7.87. The Morgan fingerprint density at radius 2 is 2.17 bits per heavy atom. The number of unbranched alkanes of at least 4 members (excludes halogenated alkanes) is 4. The van der Waals surface area contributed by atoms with E-state index < -0.39 is 5.97 Å². The van der Waals surface area contributed by atoms with Gasteiger partial charge in [-0.25, -0.2) is 4.79 Å². The van der Waals surface area contributed by atoms with Crippen LogP contribution in [0.25, 0.3) is 0 Å². The lowest BCUT2D eigenvalue weighted by atomic mass is 10.1. The number of allylic oxidation sites excluding steroid dienone is 1. The highest BCUT2D eigenvalue weighted by atomic mass is 17.1. The highest BCUT2D eigenvalue weighted by Crippen LogP contribution is 2.02. The SMILES string of the molecule is CCCCCCC=CC(=O)OO. The summed E-state index contributed by atoms with van der Waals surface area (Å²) in [4.78, 5) is 13.8. The Bertz CT molecular complexity index is 141. The van der Waals surface area contributed by atoms with Crippen molar-refractivity contribution in [2.24, 2.45) is 0 Å². The molecule has 0 aromatic heterocycles. The van der Waals surface area contributed by atoms with Crippen LogP contribution in [-0.2, 0) is 9.68 Å². The van der Waals surface area contributed by atoms with Gasteiger partial charge in [-0.3, -0.25) is 4.89 Å². The van der Waals surface area contributed by atoms with Gasteiger partial charge in [0.1, 0.15) is 0 Å². The van der Waals surface area contributed by atoms with Crippen molar-refractivity contribution in [2.75, 3.05) is 0 Å². The number of hydrogen-bond acceptors (Lipinski definition) is 3. The van der Waals surface area contributed by atoms with Crippen molar-refractivity contribution < 1.29 is 14.9 Å². The molecule has 0 amide bonds. The first kappa shape index (κ1) is 11.2. The Labute approximate surface area is 73.0 Å². The molecule has 0 heterocycles. The minimum atomic E-state index is -0.703. The summed E-state index contributed by atoms with van der Waals surface area (Å²) >= 11 is 0. The molecule has 1 N–H and O–H groups in total. The zero-order valence-electron chi connectivity index (χ0n) is 7.45. The molecule has 0 spiro atoms. The molecule has 0 aromatic carbocycles. The predicted molar refractivity (Wildman–Crippen MR) is 46.6 cm³/mol. The first-order valence-electron chi connectivity index (χ1n) is 4.33. The fourth-order valence-corrected chi connectivity index (χ4v) is 0.899. The molecule has 0 aliphatic carbocycles. The molecule has 0 rings (SSSR count). The summed E-state index contributed by atoms with van der Waals surface area (Å²) in [5.74, 6) is -0.703. The standard InChI is InChI=1S/C9H16O3/c1-2-3-4-5-6-7-8-9(10)12-11/h7-8,11H,2-6H2,1H3. The van der Waals surface area contributed by atoms with Crippen LogP contribution in [0, 0.1) is 0 Å². The van der Waals surface area contributed by atoms with E-state index in [1.165, 1.54) is 25.3 Å². The third-order valence-electron chi connectivity index (χ3n) is 1.57. The summed E-state index contributed by atoms with van der Waals surface area (Å²) in [6, 6.07) is 0. The van der Waals surface area contributed by atoms with Gasteiger partial charge in [0, 0.05) is 6.08 Å². The average Bonchev–Trinajstić information content (AvgIpc) is 2.10. The fraction of sp³-hybridized carbons (Fsp3) is 0.667. The maximum atomic E-state index is 10.3. The van der Waals surface area contributed by atoms with E-state index in [-0.39, 0.29) is 0 Å². The molecular weight excluding hydrogens is 156 g/mol. The summed E-state index contributed by atoms with van der Waals surface area (Å²) in [7, 11) is 0. The van der Waals surface area contributed by atoms with Gasteiger partial charge in [-0.15, -0.1) is 0 Å². The third-order valence-corrected chi connectivity index (χ3v) is 1.57. The molecule has 70 valence electrons. The van der Waals surface area contributed by atoms with Crippen LogP contribution >= 0.6 is 0 Å². The molecule has 12 heavy (non-hydrogen) atoms. The van der Waals surface area contributed by atoms with E-state index in [1.807, 2.05) is 0 Å². The fourth-order valence-electron chi connectivity index (χ4n) is 0.899. The second-order valence-corrected chi connectivity index (χ2v) is 2.66. The molecular formula is C9H16O3. The van der Waals surface area contributed by atoms with Gasteiger partial charge >= 0.3 is 5.97 Å². The predicted octanol–water partition coefficient (Wildman–Crippen LogP) is 2.53. The van der Waals surface area contributed by atoms with E-state index in [1.54, 1.807) is 6.08 Å². The number of carbonyl (C=O) groups is 1. The first-order valence-corrected chi connectivity index (χ1v) is 4.33. The molecule has 0 bridgehead atoms. The van der Waals surface area contributed by atoms with Crippen molar-refractivity contribution in [1.29, 1.82) is 0 Å². The molecule has 0 fully saturated rings. The maximum Gasteiger partial charge on any atom is 0.365 e. The second kappa shape index (κ2) is 8.27. The Hall–Kier alpha value is -0.830. The molecule has 0 saturated heterocycles. The van der Waals surface area contributed by atoms with Crippen molar-refractivity contribution in [3.05, 3.63) is 12.2 Å². The zero-order valence-corrected chi connectivity index (χ0v) is 7.45. The molecule has 0 aliphatic rings. The molecule has 0 aliphatic heterocycles. The van der Waals surface area contributed by atoms with Crippen LogP contribution < -0.4 is 0 Å². The Morgan fingerprint density at radius 3 is 2.75 bits per heavy atom. The van der Waals surface area contributed by atoms with Crippen molar-refractivity contribution in [1.82, 2.24) is 0 Å². The van der Waals surface area contributed by atoms with E-state index in [4.69, 9.17) is 5.26 Å². The number of hydrogen-bond donors (Lipinski definition) is 1. The minimum absolute atomic E-state index is 0.703. The summed E-state index contributed by atoms with van der Waals surface area (Å²) in [6.45, 7) is 2.15. The van der Waals surface area contributed by atoms with Crippen LogP contribution in [-0.4, -0.2) is 11.2 Å². The maximum absolute atomic E-state index is 10.3. The first-order chi connectivity index (χ1) is 5.81. The summed E-state index contributed by atoms with van der Waals surface area (Å²) in [5.41, 5.74) is 0. The van der Waals surface area contributed by atoms with Gasteiger partial charge in [-0.05, 0) is 12.8 Å². The summed E-state index contributed by atoms with van der Waals surface area (Å²) in [6.07, 6.45) is 8.55. The lowest BCUT2D eigenvalue weighted by Gasteiger charge is -1.93. The lowest BCUT2D eigenvalue weighted by molar-refractivity contribution is -0.228. The Morgan fingerprint density at radius 1 is 1.42 bits per heavy atom. The molecule has 0 radical (unpaired) electrons. The highest BCUT2D eigenvalue weighted by Gasteiger charge is 1.91. The molecule has 3 heteroatoms. The van der Waals surface area contributed by atoms with E-state index >= 15 is 0 Å². The average molecular weight is 172 g/mol. The topological polar surface area (TPSA) is 46.5 Å². The smallest absolute Gasteiger partial charge is 0.296 e. The van der Waals surface area contributed by atoms with E-state index in [0.29, 0.717) is 0 Å². The highest BCUT2D eigenvalue weighted by molar-refractivity contribution is 5.81. The van der Waals surface area contributed by atoms with Gasteiger partial charge in [0.2, 0.25) is 0 Å². The van der Waals surface area contributed by atoms with Gasteiger partial charge in [0.25, 0.3) is 0 Å². The molecule has 0 unspecified atom stereocenters. The van der Waals surface area contributed by atoms with Gasteiger partial charge < -0.3 is 0 Å². The van der Waals surface area contributed by atoms with E-state index in [2.05, 4.69) is 11.8 Å². The van der Waals surface area contributed by atoms with Crippen molar-refractivity contribution in [3.63, 3.8) is 0 Å². The lowest BCUT2D eigenvalue weighted by Crippen LogP contribution is -1.93. The Balaban J connectivity index is 3.18. The largest absolute Gasteiger partial charge is 0.365 e. The van der Waals surface area contributed by atoms with Crippen LogP contribution in [0.3, 0.4) is 0 Å². The van der Waals surface area contributed by atoms with Gasteiger partial charge in [-0.1, -0.05) is 32.3 Å². The van der Waals surface area contributed by atoms with Crippen LogP contribution in [0.15, 0.2) is 12.2 Å². The zero-order chi connectivity index (χ0) is 9.23. The molecule has 0 atom stereocenters. The normalized spacial score (nSPS) is 10.5. The van der Waals surface area contributed by atoms with Crippen LogP contribution in [0.1, 0.15) is 39.0 Å². The van der Waals surface area contributed by atoms with E-state index in [9.17, 15) is 4.79 Å². The van der Waals surface area contributed by atoms with Crippen molar-refractivity contribution in [3.8, 4) is 0 Å². The second-order valence-electron chi connectivity index (χ2n) is 2.66. The van der Waals surface area contributed by atoms with Crippen LogP contribution in [0.5, 0.6) is 0 Å². The van der Waals surface area contributed by atoms with Gasteiger partial charge in [0.05, 0.1) is 0 Å². The Kier molecular flexibility index (Phi) is 7.70. The number of carbonyl (C=O) groups excluding carboxylic acids is 1. The quantitative estimate of drug-likeness (QED) is 0.290. The molecule has 0 saturated carbocycles. The molecule has 3 nitrogen and oxygen atoms in total. The minimum Gasteiger partial charge on any atom is -0.296 e. The third kappa shape index (κ3) is 7.28. The van der Waals surface area contributed by atoms with Crippen LogP contribution in [0.2, 0.25) is 0 Å². The van der Waals surface area contributed by atoms with Crippen molar-refractivity contribution >= 4 is 5.97 Å². The number of rotatable bonds is 6. The van der Waals surface area contributed by atoms with E-state index in [0.717, 1.165) is 12.8 Å². The van der Waals surface area contributed by atoms with Gasteiger partial charge in [0.15, 0.2) is 0 Å². The molecule has 0 aromatic rings. The van der Waals surface area contributed by atoms with Crippen molar-refractivity contribution in [2.45, 2.75) is 39.0 Å². The van der Waals surface area contributed by atoms with Gasteiger partial charge in [-0.2, -0.15) is 5.26 Å². The van der Waals surface area contributed by atoms with Crippen LogP contribution in [0.4, 0.5) is 0 Å². The monoisotopic (exact) mass is 172 g/mol. The summed E-state index contributed by atoms with van der Waals surface area (Å²) < 4.78 is 0.